The number of rotatable bonds is 6. The van der Waals surface area contributed by atoms with Gasteiger partial charge in [0.2, 0.25) is 0 Å². The van der Waals surface area contributed by atoms with E-state index in [1.165, 1.54) is 7.11 Å². The highest BCUT2D eigenvalue weighted by Crippen LogP contribution is 2.12. The number of aromatic amines is 1. The third-order valence-electron chi connectivity index (χ3n) is 2.16. The molecule has 0 spiro atoms. The SMILES string of the molecule is COC(CC#N)=NCCSCc1nc[nH]c1C. The van der Waals surface area contributed by atoms with Crippen molar-refractivity contribution in [2.24, 2.45) is 4.99 Å². The molecule has 0 amide bonds. The van der Waals surface area contributed by atoms with Gasteiger partial charge in [-0.2, -0.15) is 17.0 Å². The van der Waals surface area contributed by atoms with Crippen LogP contribution in [0.15, 0.2) is 11.3 Å². The topological polar surface area (TPSA) is 74.1 Å². The number of H-pyrrole nitrogens is 1. The average Bonchev–Trinajstić information content (AvgIpc) is 2.73. The molecule has 1 rings (SSSR count). The van der Waals surface area contributed by atoms with Crippen LogP contribution in [0.2, 0.25) is 0 Å². The number of aliphatic imine (C=N–C) groups is 1. The van der Waals surface area contributed by atoms with Gasteiger partial charge in [-0.3, -0.25) is 4.99 Å². The van der Waals surface area contributed by atoms with Gasteiger partial charge in [-0.15, -0.1) is 0 Å². The molecule has 0 saturated carbocycles. The van der Waals surface area contributed by atoms with E-state index in [0.717, 1.165) is 22.9 Å². The third kappa shape index (κ3) is 4.91. The Morgan fingerprint density at radius 1 is 1.71 bits per heavy atom. The molecule has 0 aromatic carbocycles. The molecular formula is C11H16N4OS. The Hall–Kier alpha value is -1.48. The Morgan fingerprint density at radius 3 is 3.12 bits per heavy atom. The number of thioether (sulfide) groups is 1. The number of hydrogen-bond acceptors (Lipinski definition) is 5. The third-order valence-corrected chi connectivity index (χ3v) is 3.11. The molecule has 6 heteroatoms. The number of nitriles is 1. The van der Waals surface area contributed by atoms with Gasteiger partial charge in [0.05, 0.1) is 31.7 Å². The first-order valence-corrected chi connectivity index (χ1v) is 6.44. The van der Waals surface area contributed by atoms with Crippen molar-refractivity contribution in [3.8, 4) is 6.07 Å². The van der Waals surface area contributed by atoms with E-state index in [1.54, 1.807) is 18.1 Å². The second-order valence-electron chi connectivity index (χ2n) is 3.34. The number of ether oxygens (including phenoxy) is 1. The van der Waals surface area contributed by atoms with E-state index in [-0.39, 0.29) is 6.42 Å². The number of aromatic nitrogens is 2. The fourth-order valence-electron chi connectivity index (χ4n) is 1.20. The molecule has 17 heavy (non-hydrogen) atoms. The van der Waals surface area contributed by atoms with Crippen molar-refractivity contribution in [3.05, 3.63) is 17.7 Å². The minimum Gasteiger partial charge on any atom is -0.484 e. The Morgan fingerprint density at radius 2 is 2.53 bits per heavy atom. The molecule has 0 aliphatic heterocycles. The lowest BCUT2D eigenvalue weighted by atomic mass is 10.4. The van der Waals surface area contributed by atoms with Crippen LogP contribution in [0.4, 0.5) is 0 Å². The van der Waals surface area contributed by atoms with Crippen LogP contribution >= 0.6 is 11.8 Å². The van der Waals surface area contributed by atoms with Crippen LogP contribution in [-0.4, -0.2) is 35.3 Å². The largest absolute Gasteiger partial charge is 0.484 e. The maximum absolute atomic E-state index is 8.50. The molecule has 0 radical (unpaired) electrons. The molecular weight excluding hydrogens is 236 g/mol. The van der Waals surface area contributed by atoms with E-state index in [0.29, 0.717) is 12.4 Å². The van der Waals surface area contributed by atoms with Crippen molar-refractivity contribution in [2.45, 2.75) is 19.1 Å². The van der Waals surface area contributed by atoms with E-state index in [1.807, 2.05) is 13.0 Å². The van der Waals surface area contributed by atoms with Gasteiger partial charge < -0.3 is 9.72 Å². The van der Waals surface area contributed by atoms with E-state index < -0.39 is 0 Å². The Bertz CT molecular complexity index is 408. The van der Waals surface area contributed by atoms with Crippen LogP contribution in [0, 0.1) is 18.3 Å². The van der Waals surface area contributed by atoms with Crippen LogP contribution in [0.1, 0.15) is 17.8 Å². The second kappa shape index (κ2) is 7.74. The van der Waals surface area contributed by atoms with E-state index in [2.05, 4.69) is 15.0 Å². The van der Waals surface area contributed by atoms with Gasteiger partial charge in [-0.1, -0.05) is 0 Å². The molecule has 0 saturated heterocycles. The van der Waals surface area contributed by atoms with E-state index in [4.69, 9.17) is 10.00 Å². The highest BCUT2D eigenvalue weighted by atomic mass is 32.2. The summed E-state index contributed by atoms with van der Waals surface area (Å²) in [5, 5.41) is 8.50. The molecule has 0 aliphatic rings. The van der Waals surface area contributed by atoms with Crippen molar-refractivity contribution in [3.63, 3.8) is 0 Å². The number of imidazole rings is 1. The first-order chi connectivity index (χ1) is 8.27. The molecule has 0 fully saturated rings. The first kappa shape index (κ1) is 13.6. The summed E-state index contributed by atoms with van der Waals surface area (Å²) in [4.78, 5) is 11.5. The van der Waals surface area contributed by atoms with Crippen molar-refractivity contribution < 1.29 is 4.74 Å². The molecule has 0 atom stereocenters. The van der Waals surface area contributed by atoms with Crippen molar-refractivity contribution in [2.75, 3.05) is 19.4 Å². The lowest BCUT2D eigenvalue weighted by Crippen LogP contribution is -2.02. The second-order valence-corrected chi connectivity index (χ2v) is 4.45. The number of nitrogens with one attached hydrogen (secondary N) is 1. The predicted octanol–water partition coefficient (Wildman–Crippen LogP) is 1.91. The molecule has 0 bridgehead atoms. The maximum Gasteiger partial charge on any atom is 0.197 e. The fourth-order valence-corrected chi connectivity index (χ4v) is 2.05. The van der Waals surface area contributed by atoms with E-state index >= 15 is 0 Å². The molecule has 1 aromatic heterocycles. The summed E-state index contributed by atoms with van der Waals surface area (Å²) >= 11 is 1.77. The molecule has 1 N–H and O–H groups in total. The minimum atomic E-state index is 0.236. The highest BCUT2D eigenvalue weighted by molar-refractivity contribution is 7.98. The normalized spacial score (nSPS) is 11.2. The summed E-state index contributed by atoms with van der Waals surface area (Å²) < 4.78 is 4.96. The lowest BCUT2D eigenvalue weighted by molar-refractivity contribution is 0.393. The van der Waals surface area contributed by atoms with Crippen LogP contribution in [-0.2, 0) is 10.5 Å². The Labute approximate surface area is 105 Å². The van der Waals surface area contributed by atoms with Gasteiger partial charge >= 0.3 is 0 Å². The van der Waals surface area contributed by atoms with Crippen LogP contribution in [0.5, 0.6) is 0 Å². The zero-order valence-corrected chi connectivity index (χ0v) is 10.9. The summed E-state index contributed by atoms with van der Waals surface area (Å²) in [6, 6.07) is 2.01. The van der Waals surface area contributed by atoms with Gasteiger partial charge in [-0.05, 0) is 6.92 Å². The van der Waals surface area contributed by atoms with Gasteiger partial charge in [0.25, 0.3) is 0 Å². The van der Waals surface area contributed by atoms with Crippen molar-refractivity contribution in [1.82, 2.24) is 9.97 Å². The summed E-state index contributed by atoms with van der Waals surface area (Å²) in [5.41, 5.74) is 2.20. The number of nitrogens with zero attached hydrogens (tertiary/aromatic N) is 3. The standard InChI is InChI=1S/C11H16N4OS/c1-9-10(15-8-14-9)7-17-6-5-13-11(16-2)3-4-12/h8H,3,5-7H2,1-2H3,(H,14,15). The minimum absolute atomic E-state index is 0.236. The van der Waals surface area contributed by atoms with Gasteiger partial charge in [-0.25, -0.2) is 4.98 Å². The Balaban J connectivity index is 2.20. The average molecular weight is 252 g/mol. The maximum atomic E-state index is 8.50. The summed E-state index contributed by atoms with van der Waals surface area (Å²) in [5.74, 6) is 2.28. The fraction of sp³-hybridized carbons (Fsp3) is 0.545. The Kier molecular flexibility index (Phi) is 6.18. The molecule has 5 nitrogen and oxygen atoms in total. The molecule has 0 aliphatic carbocycles. The van der Waals surface area contributed by atoms with Gasteiger partial charge in [0.1, 0.15) is 6.42 Å². The summed E-state index contributed by atoms with van der Waals surface area (Å²) in [6.45, 7) is 2.68. The molecule has 0 unspecified atom stereocenters. The van der Waals surface area contributed by atoms with Crippen LogP contribution < -0.4 is 0 Å². The van der Waals surface area contributed by atoms with Gasteiger partial charge in [0, 0.05) is 17.2 Å². The number of hydrogen-bond donors (Lipinski definition) is 1. The predicted molar refractivity (Wildman–Crippen MR) is 69.0 cm³/mol. The van der Waals surface area contributed by atoms with Crippen molar-refractivity contribution >= 4 is 17.7 Å². The summed E-state index contributed by atoms with van der Waals surface area (Å²) in [6.07, 6.45) is 1.94. The first-order valence-electron chi connectivity index (χ1n) is 5.28. The lowest BCUT2D eigenvalue weighted by Gasteiger charge is -2.01. The monoisotopic (exact) mass is 252 g/mol. The van der Waals surface area contributed by atoms with Crippen LogP contribution in [0.25, 0.3) is 0 Å². The quantitative estimate of drug-likeness (QED) is 0.477. The van der Waals surface area contributed by atoms with Crippen LogP contribution in [0.3, 0.4) is 0 Å². The number of methoxy groups -OCH3 is 1. The number of aryl methyl sites for hydroxylation is 1. The summed E-state index contributed by atoms with van der Waals surface area (Å²) in [7, 11) is 1.54. The molecule has 1 heterocycles. The zero-order valence-electron chi connectivity index (χ0n) is 10.1. The van der Waals surface area contributed by atoms with E-state index in [9.17, 15) is 0 Å². The highest BCUT2D eigenvalue weighted by Gasteiger charge is 2.00. The smallest absolute Gasteiger partial charge is 0.197 e. The van der Waals surface area contributed by atoms with Gasteiger partial charge in [0.15, 0.2) is 5.90 Å². The molecule has 92 valence electrons. The molecule has 1 aromatic rings. The zero-order chi connectivity index (χ0) is 12.5. The van der Waals surface area contributed by atoms with Crippen molar-refractivity contribution in [1.29, 1.82) is 5.26 Å².